The number of nitrogens with zero attached hydrogens (tertiary/aromatic N) is 1. The van der Waals surface area contributed by atoms with E-state index in [4.69, 9.17) is 0 Å². The molecule has 1 aromatic carbocycles. The third-order valence-corrected chi connectivity index (χ3v) is 4.57. The van der Waals surface area contributed by atoms with E-state index in [2.05, 4.69) is 5.32 Å². The Hall–Kier alpha value is -1.20. The molecule has 22 heavy (non-hydrogen) atoms. The molecule has 0 bridgehead atoms. The molecule has 3 unspecified atom stereocenters. The van der Waals surface area contributed by atoms with Crippen LogP contribution >= 0.6 is 12.4 Å². The quantitative estimate of drug-likeness (QED) is 0.920. The van der Waals surface area contributed by atoms with Crippen molar-refractivity contribution in [3.05, 3.63) is 35.4 Å². The summed E-state index contributed by atoms with van der Waals surface area (Å²) in [4.78, 5) is 14.5. The Labute approximate surface area is 135 Å². The van der Waals surface area contributed by atoms with Crippen molar-refractivity contribution in [3.63, 3.8) is 0 Å². The number of rotatable bonds is 4. The van der Waals surface area contributed by atoms with Crippen molar-refractivity contribution in [2.45, 2.75) is 31.2 Å². The Morgan fingerprint density at radius 2 is 2.18 bits per heavy atom. The molecule has 1 heterocycles. The molecule has 0 radical (unpaired) electrons. The van der Waals surface area contributed by atoms with E-state index in [9.17, 15) is 13.6 Å². The Morgan fingerprint density at radius 3 is 2.86 bits per heavy atom. The van der Waals surface area contributed by atoms with Crippen LogP contribution in [0.2, 0.25) is 0 Å². The fourth-order valence-corrected chi connectivity index (χ4v) is 3.40. The summed E-state index contributed by atoms with van der Waals surface area (Å²) in [6.07, 6.45) is 2.72. The lowest BCUT2D eigenvalue weighted by atomic mass is 10.1. The first-order chi connectivity index (χ1) is 10.1. The molecule has 6 heteroatoms. The molecule has 1 saturated carbocycles. The van der Waals surface area contributed by atoms with Crippen LogP contribution in [0.4, 0.5) is 8.78 Å². The summed E-state index contributed by atoms with van der Waals surface area (Å²) >= 11 is 0. The zero-order valence-electron chi connectivity index (χ0n) is 12.5. The highest BCUT2D eigenvalue weighted by Crippen LogP contribution is 2.49. The molecule has 1 aliphatic carbocycles. The fraction of sp³-hybridized carbons (Fsp3) is 0.562. The maximum absolute atomic E-state index is 13.8. The molecule has 3 nitrogen and oxygen atoms in total. The lowest BCUT2D eigenvalue weighted by Gasteiger charge is -2.24. The van der Waals surface area contributed by atoms with Gasteiger partial charge < -0.3 is 10.2 Å². The first kappa shape index (κ1) is 17.2. The third-order valence-electron chi connectivity index (χ3n) is 4.57. The van der Waals surface area contributed by atoms with Crippen LogP contribution in [0.3, 0.4) is 0 Å². The van der Waals surface area contributed by atoms with Gasteiger partial charge in [-0.2, -0.15) is 0 Å². The van der Waals surface area contributed by atoms with Crippen molar-refractivity contribution in [2.24, 2.45) is 5.92 Å². The summed E-state index contributed by atoms with van der Waals surface area (Å²) in [5.41, 5.74) is 0.471. The van der Waals surface area contributed by atoms with Crippen LogP contribution < -0.4 is 5.32 Å². The molecule has 0 spiro atoms. The number of nitrogens with one attached hydrogen (secondary N) is 1. The normalized spacial score (nSPS) is 26.7. The van der Waals surface area contributed by atoms with E-state index >= 15 is 0 Å². The molecule has 1 aliphatic heterocycles. The second-order valence-corrected chi connectivity index (χ2v) is 6.00. The second kappa shape index (κ2) is 6.92. The summed E-state index contributed by atoms with van der Waals surface area (Å²) < 4.78 is 26.7. The van der Waals surface area contributed by atoms with Crippen LogP contribution in [0.1, 0.15) is 30.7 Å². The molecule has 2 fully saturated rings. The molecule has 1 aromatic rings. The molecule has 0 aromatic heterocycles. The highest BCUT2D eigenvalue weighted by Gasteiger charge is 2.48. The second-order valence-electron chi connectivity index (χ2n) is 6.00. The minimum atomic E-state index is -0.576. The topological polar surface area (TPSA) is 32.3 Å². The number of benzene rings is 1. The van der Waals surface area contributed by atoms with Crippen molar-refractivity contribution in [2.75, 3.05) is 20.1 Å². The largest absolute Gasteiger partial charge is 0.338 e. The molecule has 1 amide bonds. The summed E-state index contributed by atoms with van der Waals surface area (Å²) in [6, 6.07) is 3.88. The number of hydrogen-bond acceptors (Lipinski definition) is 2. The standard InChI is InChI=1S/C16H20F2N2O.ClH/c1-19-9-11-3-2-6-20(11)16(21)14-8-13(14)12-5-4-10(17)7-15(12)18;/h4-5,7,11,13-14,19H,2-3,6,8-9H2,1H3;1H. The number of carbonyl (C=O) groups is 1. The molecule has 3 atom stereocenters. The number of halogens is 3. The SMILES string of the molecule is CNCC1CCCN1C(=O)C1CC1c1ccc(F)cc1F.Cl. The van der Waals surface area contributed by atoms with E-state index in [0.29, 0.717) is 12.0 Å². The van der Waals surface area contributed by atoms with E-state index in [0.717, 1.165) is 32.0 Å². The number of likely N-dealkylation sites (tertiary alicyclic amines) is 1. The highest BCUT2D eigenvalue weighted by atomic mass is 35.5. The minimum Gasteiger partial charge on any atom is -0.338 e. The van der Waals surface area contributed by atoms with Gasteiger partial charge >= 0.3 is 0 Å². The predicted molar refractivity (Wildman–Crippen MR) is 83.1 cm³/mol. The van der Waals surface area contributed by atoms with Crippen molar-refractivity contribution in [3.8, 4) is 0 Å². The van der Waals surface area contributed by atoms with E-state index in [-0.39, 0.29) is 36.2 Å². The van der Waals surface area contributed by atoms with Crippen LogP contribution in [0, 0.1) is 17.6 Å². The molecule has 1 saturated heterocycles. The van der Waals surface area contributed by atoms with Crippen LogP contribution in [0.25, 0.3) is 0 Å². The Kier molecular flexibility index (Phi) is 5.40. The Balaban J connectivity index is 0.00000176. The van der Waals surface area contributed by atoms with Crippen molar-refractivity contribution >= 4 is 18.3 Å². The zero-order chi connectivity index (χ0) is 15.0. The van der Waals surface area contributed by atoms with Gasteiger partial charge in [-0.3, -0.25) is 4.79 Å². The monoisotopic (exact) mass is 330 g/mol. The van der Waals surface area contributed by atoms with Crippen LogP contribution in [-0.2, 0) is 4.79 Å². The summed E-state index contributed by atoms with van der Waals surface area (Å²) in [5, 5.41) is 3.12. The molecular weight excluding hydrogens is 310 g/mol. The Bertz CT molecular complexity index is 555. The van der Waals surface area contributed by atoms with E-state index in [1.807, 2.05) is 11.9 Å². The average molecular weight is 331 g/mol. The van der Waals surface area contributed by atoms with Crippen molar-refractivity contribution in [1.82, 2.24) is 10.2 Å². The van der Waals surface area contributed by atoms with Gasteiger partial charge in [0.25, 0.3) is 0 Å². The van der Waals surface area contributed by atoms with Gasteiger partial charge in [0.15, 0.2) is 0 Å². The summed E-state index contributed by atoms with van der Waals surface area (Å²) in [6.45, 7) is 1.59. The van der Waals surface area contributed by atoms with Crippen molar-refractivity contribution < 1.29 is 13.6 Å². The van der Waals surface area contributed by atoms with Crippen LogP contribution in [0.5, 0.6) is 0 Å². The maximum atomic E-state index is 13.8. The van der Waals surface area contributed by atoms with Gasteiger partial charge in [-0.05, 0) is 43.9 Å². The first-order valence-electron chi connectivity index (χ1n) is 7.52. The van der Waals surface area contributed by atoms with Crippen molar-refractivity contribution in [1.29, 1.82) is 0 Å². The molecule has 122 valence electrons. The summed E-state index contributed by atoms with van der Waals surface area (Å²) in [5.74, 6) is -1.21. The molecule has 3 rings (SSSR count). The fourth-order valence-electron chi connectivity index (χ4n) is 3.40. The number of carbonyl (C=O) groups excluding carboxylic acids is 1. The van der Waals surface area contributed by atoms with E-state index in [1.54, 1.807) is 0 Å². The molecule has 1 N–H and O–H groups in total. The Morgan fingerprint density at radius 1 is 1.41 bits per heavy atom. The van der Waals surface area contributed by atoms with Gasteiger partial charge in [0.1, 0.15) is 11.6 Å². The maximum Gasteiger partial charge on any atom is 0.226 e. The van der Waals surface area contributed by atoms with Crippen LogP contribution in [0.15, 0.2) is 18.2 Å². The zero-order valence-corrected chi connectivity index (χ0v) is 13.3. The first-order valence-corrected chi connectivity index (χ1v) is 7.52. The number of amides is 1. The van der Waals surface area contributed by atoms with Gasteiger partial charge in [0, 0.05) is 31.1 Å². The lowest BCUT2D eigenvalue weighted by molar-refractivity contribution is -0.133. The molecular formula is C16H21ClF2N2O. The molecule has 2 aliphatic rings. The van der Waals surface area contributed by atoms with Gasteiger partial charge in [-0.15, -0.1) is 12.4 Å². The van der Waals surface area contributed by atoms with E-state index in [1.165, 1.54) is 12.1 Å². The van der Waals surface area contributed by atoms with Gasteiger partial charge in [0.05, 0.1) is 0 Å². The smallest absolute Gasteiger partial charge is 0.226 e. The van der Waals surface area contributed by atoms with Gasteiger partial charge in [-0.25, -0.2) is 8.78 Å². The lowest BCUT2D eigenvalue weighted by Crippen LogP contribution is -2.41. The number of likely N-dealkylation sites (N-methyl/N-ethyl adjacent to an activating group) is 1. The van der Waals surface area contributed by atoms with Gasteiger partial charge in [-0.1, -0.05) is 6.07 Å². The van der Waals surface area contributed by atoms with Crippen LogP contribution in [-0.4, -0.2) is 37.0 Å². The summed E-state index contributed by atoms with van der Waals surface area (Å²) in [7, 11) is 1.88. The number of hydrogen-bond donors (Lipinski definition) is 1. The predicted octanol–water partition coefficient (Wildman–Crippen LogP) is 2.70. The minimum absolute atomic E-state index is 0. The van der Waals surface area contributed by atoms with Gasteiger partial charge in [0.2, 0.25) is 5.91 Å². The van der Waals surface area contributed by atoms with E-state index < -0.39 is 11.6 Å². The average Bonchev–Trinajstić information content (AvgIpc) is 3.09. The highest BCUT2D eigenvalue weighted by molar-refractivity contribution is 5.85. The third kappa shape index (κ3) is 3.25.